The maximum Gasteiger partial charge on any atom is 0.0618 e. The molecular weight excluding hydrogens is 158 g/mol. The highest BCUT2D eigenvalue weighted by atomic mass is 14.2. The number of allylic oxidation sites excluding steroid dienone is 1. The SMILES string of the molecule is C1CCCCC1.C=CC.CCC#N. The lowest BCUT2D eigenvalue weighted by atomic mass is 10.0. The second-order valence-corrected chi connectivity index (χ2v) is 3.04. The van der Waals surface area contributed by atoms with Crippen LogP contribution in [0.1, 0.15) is 58.8 Å². The molecule has 1 fully saturated rings. The van der Waals surface area contributed by atoms with E-state index in [0.29, 0.717) is 6.42 Å². The van der Waals surface area contributed by atoms with Gasteiger partial charge in [-0.25, -0.2) is 0 Å². The first-order valence-electron chi connectivity index (χ1n) is 5.27. The monoisotopic (exact) mass is 181 g/mol. The van der Waals surface area contributed by atoms with E-state index in [0.717, 1.165) is 0 Å². The molecule has 1 saturated carbocycles. The molecule has 1 aliphatic carbocycles. The third kappa shape index (κ3) is 24.6. The molecule has 1 rings (SSSR count). The number of nitrogens with zero attached hydrogens (tertiary/aromatic N) is 1. The zero-order valence-electron chi connectivity index (χ0n) is 9.18. The summed E-state index contributed by atoms with van der Waals surface area (Å²) in [5.74, 6) is 0. The first-order valence-corrected chi connectivity index (χ1v) is 5.27. The van der Waals surface area contributed by atoms with Crippen LogP contribution in [0.5, 0.6) is 0 Å². The van der Waals surface area contributed by atoms with Gasteiger partial charge in [0.05, 0.1) is 6.07 Å². The summed E-state index contributed by atoms with van der Waals surface area (Å²) < 4.78 is 0. The van der Waals surface area contributed by atoms with Crippen LogP contribution < -0.4 is 0 Å². The van der Waals surface area contributed by atoms with Crippen molar-refractivity contribution in [1.29, 1.82) is 5.26 Å². The van der Waals surface area contributed by atoms with Crippen LogP contribution >= 0.6 is 0 Å². The Morgan fingerprint density at radius 3 is 1.38 bits per heavy atom. The topological polar surface area (TPSA) is 23.8 Å². The molecule has 0 spiro atoms. The molecule has 0 saturated heterocycles. The summed E-state index contributed by atoms with van der Waals surface area (Å²) in [5, 5.41) is 7.62. The van der Waals surface area contributed by atoms with Gasteiger partial charge in [0.1, 0.15) is 0 Å². The fourth-order valence-corrected chi connectivity index (χ4v) is 1.06. The lowest BCUT2D eigenvalue weighted by Gasteiger charge is -2.05. The van der Waals surface area contributed by atoms with Crippen molar-refractivity contribution >= 4 is 0 Å². The number of rotatable bonds is 0. The van der Waals surface area contributed by atoms with Gasteiger partial charge in [0.25, 0.3) is 0 Å². The Balaban J connectivity index is 0. The van der Waals surface area contributed by atoms with Crippen LogP contribution in [0.3, 0.4) is 0 Å². The summed E-state index contributed by atoms with van der Waals surface area (Å²) in [4.78, 5) is 0. The van der Waals surface area contributed by atoms with Gasteiger partial charge in [-0.2, -0.15) is 5.26 Å². The predicted molar refractivity (Wildman–Crippen MR) is 59.5 cm³/mol. The molecule has 0 radical (unpaired) electrons. The van der Waals surface area contributed by atoms with Crippen molar-refractivity contribution in [2.24, 2.45) is 0 Å². The molecular formula is C12H23N. The molecule has 0 bridgehead atoms. The minimum atomic E-state index is 0.625. The fraction of sp³-hybridized carbons (Fsp3) is 0.750. The maximum atomic E-state index is 7.62. The summed E-state index contributed by atoms with van der Waals surface area (Å²) in [5.41, 5.74) is 0. The zero-order valence-corrected chi connectivity index (χ0v) is 9.18. The second-order valence-electron chi connectivity index (χ2n) is 3.04. The van der Waals surface area contributed by atoms with Crippen LogP contribution in [-0.2, 0) is 0 Å². The highest BCUT2D eigenvalue weighted by Crippen LogP contribution is 2.15. The van der Waals surface area contributed by atoms with Gasteiger partial charge in [0.2, 0.25) is 0 Å². The Labute approximate surface area is 83.5 Å². The molecule has 0 aromatic rings. The molecule has 0 aromatic heterocycles. The Kier molecular flexibility index (Phi) is 19.7. The summed E-state index contributed by atoms with van der Waals surface area (Å²) >= 11 is 0. The molecule has 0 N–H and O–H groups in total. The van der Waals surface area contributed by atoms with Crippen molar-refractivity contribution in [1.82, 2.24) is 0 Å². The Morgan fingerprint density at radius 1 is 1.15 bits per heavy atom. The molecule has 0 atom stereocenters. The molecule has 0 heterocycles. The van der Waals surface area contributed by atoms with E-state index in [1.54, 1.807) is 6.08 Å². The first kappa shape index (κ1) is 14.7. The number of hydrogen-bond acceptors (Lipinski definition) is 1. The molecule has 0 amide bonds. The Bertz CT molecular complexity index is 106. The normalized spacial score (nSPS) is 13.6. The summed E-state index contributed by atoms with van der Waals surface area (Å²) in [7, 11) is 0. The van der Waals surface area contributed by atoms with E-state index >= 15 is 0 Å². The van der Waals surface area contributed by atoms with Crippen molar-refractivity contribution in [2.45, 2.75) is 58.8 Å². The quantitative estimate of drug-likeness (QED) is 0.506. The Hall–Kier alpha value is -0.770. The average molecular weight is 181 g/mol. The molecule has 1 nitrogen and oxygen atoms in total. The van der Waals surface area contributed by atoms with Crippen molar-refractivity contribution in [3.8, 4) is 6.07 Å². The minimum Gasteiger partial charge on any atom is -0.198 e. The van der Waals surface area contributed by atoms with Crippen LogP contribution in [0, 0.1) is 11.3 Å². The lowest BCUT2D eigenvalue weighted by Crippen LogP contribution is -1.85. The van der Waals surface area contributed by atoms with Crippen LogP contribution in [0.25, 0.3) is 0 Å². The number of nitriles is 1. The fourth-order valence-electron chi connectivity index (χ4n) is 1.06. The summed E-state index contributed by atoms with van der Waals surface area (Å²) in [6.07, 6.45) is 11.4. The zero-order chi connectivity index (χ0) is 10.4. The van der Waals surface area contributed by atoms with E-state index in [-0.39, 0.29) is 0 Å². The highest BCUT2D eigenvalue weighted by molar-refractivity contribution is 4.61. The standard InChI is InChI=1S/C6H12.C3H5N.C3H6/c1-2-4-6-5-3-1;1-2-3-4;1-3-2/h1-6H2;2H2,1H3;3H,1H2,2H3. The van der Waals surface area contributed by atoms with Crippen molar-refractivity contribution in [3.05, 3.63) is 12.7 Å². The van der Waals surface area contributed by atoms with Crippen LogP contribution in [0.15, 0.2) is 12.7 Å². The smallest absolute Gasteiger partial charge is 0.0618 e. The van der Waals surface area contributed by atoms with E-state index in [1.165, 1.54) is 38.5 Å². The minimum absolute atomic E-state index is 0.625. The maximum absolute atomic E-state index is 7.62. The van der Waals surface area contributed by atoms with Gasteiger partial charge in [-0.3, -0.25) is 0 Å². The van der Waals surface area contributed by atoms with Crippen LogP contribution in [0.4, 0.5) is 0 Å². The van der Waals surface area contributed by atoms with Gasteiger partial charge in [-0.05, 0) is 6.92 Å². The van der Waals surface area contributed by atoms with E-state index < -0.39 is 0 Å². The molecule has 1 heteroatoms. The van der Waals surface area contributed by atoms with Gasteiger partial charge in [-0.15, -0.1) is 6.58 Å². The van der Waals surface area contributed by atoms with E-state index in [1.807, 2.05) is 19.9 Å². The molecule has 13 heavy (non-hydrogen) atoms. The third-order valence-corrected chi connectivity index (χ3v) is 1.66. The summed E-state index contributed by atoms with van der Waals surface area (Å²) in [6, 6.07) is 1.93. The van der Waals surface area contributed by atoms with Gasteiger partial charge in [-0.1, -0.05) is 51.5 Å². The molecule has 1 aliphatic rings. The Morgan fingerprint density at radius 2 is 1.31 bits per heavy atom. The van der Waals surface area contributed by atoms with Crippen LogP contribution in [0.2, 0.25) is 0 Å². The van der Waals surface area contributed by atoms with Gasteiger partial charge in [0.15, 0.2) is 0 Å². The largest absolute Gasteiger partial charge is 0.198 e. The average Bonchev–Trinajstić information content (AvgIpc) is 2.22. The van der Waals surface area contributed by atoms with Crippen LogP contribution in [-0.4, -0.2) is 0 Å². The third-order valence-electron chi connectivity index (χ3n) is 1.66. The van der Waals surface area contributed by atoms with Gasteiger partial charge in [0, 0.05) is 6.42 Å². The highest BCUT2D eigenvalue weighted by Gasteiger charge is 1.95. The molecule has 0 aliphatic heterocycles. The first-order chi connectivity index (χ1) is 6.33. The van der Waals surface area contributed by atoms with Crippen molar-refractivity contribution in [3.63, 3.8) is 0 Å². The summed E-state index contributed by atoms with van der Waals surface area (Å²) in [6.45, 7) is 7.07. The molecule has 76 valence electrons. The lowest BCUT2D eigenvalue weighted by molar-refractivity contribution is 0.504. The van der Waals surface area contributed by atoms with E-state index in [2.05, 4.69) is 6.58 Å². The van der Waals surface area contributed by atoms with E-state index in [4.69, 9.17) is 5.26 Å². The number of hydrogen-bond donors (Lipinski definition) is 0. The molecule has 0 unspecified atom stereocenters. The molecule has 0 aromatic carbocycles. The van der Waals surface area contributed by atoms with Gasteiger partial charge < -0.3 is 0 Å². The van der Waals surface area contributed by atoms with Gasteiger partial charge >= 0.3 is 0 Å². The second kappa shape index (κ2) is 17.4. The van der Waals surface area contributed by atoms with E-state index in [9.17, 15) is 0 Å². The predicted octanol–water partition coefficient (Wildman–Crippen LogP) is 4.45. The van der Waals surface area contributed by atoms with Crippen molar-refractivity contribution < 1.29 is 0 Å². The van der Waals surface area contributed by atoms with Crippen molar-refractivity contribution in [2.75, 3.05) is 0 Å².